The quantitative estimate of drug-likeness (QED) is 0.119. The highest BCUT2D eigenvalue weighted by Crippen LogP contribution is 2.23. The fourth-order valence-corrected chi connectivity index (χ4v) is 3.23. The SMILES string of the molecule is CCCCC[C@H](CN(O)C=O)C(=O)NCNC(=O)c1ccc(-c2cccc(C(=O)NC)c2)o1. The van der Waals surface area contributed by atoms with Crippen LogP contribution in [-0.2, 0) is 9.59 Å². The van der Waals surface area contributed by atoms with Crippen molar-refractivity contribution in [1.82, 2.24) is 21.0 Å². The minimum Gasteiger partial charge on any atom is -0.451 e. The lowest BCUT2D eigenvalue weighted by Gasteiger charge is -2.19. The highest BCUT2D eigenvalue weighted by molar-refractivity contribution is 5.95. The summed E-state index contributed by atoms with van der Waals surface area (Å²) in [4.78, 5) is 47.3. The molecule has 0 radical (unpaired) electrons. The second-order valence-corrected chi connectivity index (χ2v) is 7.47. The van der Waals surface area contributed by atoms with E-state index in [-0.39, 0.29) is 37.2 Å². The number of nitrogens with zero attached hydrogens (tertiary/aromatic N) is 1. The minimum atomic E-state index is -0.591. The van der Waals surface area contributed by atoms with E-state index in [0.29, 0.717) is 28.4 Å². The van der Waals surface area contributed by atoms with Crippen LogP contribution in [0.2, 0.25) is 0 Å². The Morgan fingerprint density at radius 2 is 1.91 bits per heavy atom. The van der Waals surface area contributed by atoms with Gasteiger partial charge in [-0.3, -0.25) is 24.4 Å². The molecule has 4 N–H and O–H groups in total. The van der Waals surface area contributed by atoms with Crippen molar-refractivity contribution in [3.63, 3.8) is 0 Å². The Bertz CT molecular complexity index is 958. The highest BCUT2D eigenvalue weighted by atomic mass is 16.5. The number of hydrogen-bond acceptors (Lipinski definition) is 6. The van der Waals surface area contributed by atoms with Crippen molar-refractivity contribution in [2.24, 2.45) is 5.92 Å². The molecule has 0 unspecified atom stereocenters. The van der Waals surface area contributed by atoms with E-state index in [1.54, 1.807) is 37.4 Å². The van der Waals surface area contributed by atoms with Crippen LogP contribution in [0.25, 0.3) is 11.3 Å². The molecule has 178 valence electrons. The summed E-state index contributed by atoms with van der Waals surface area (Å²) in [7, 11) is 1.54. The van der Waals surface area contributed by atoms with Gasteiger partial charge in [0.05, 0.1) is 19.1 Å². The molecular weight excluding hydrogens is 428 g/mol. The first-order valence-corrected chi connectivity index (χ1v) is 10.8. The zero-order valence-electron chi connectivity index (χ0n) is 18.8. The third-order valence-electron chi connectivity index (χ3n) is 5.03. The molecule has 0 aliphatic carbocycles. The van der Waals surface area contributed by atoms with Crippen LogP contribution in [0, 0.1) is 5.92 Å². The van der Waals surface area contributed by atoms with Crippen molar-refractivity contribution >= 4 is 24.1 Å². The summed E-state index contributed by atoms with van der Waals surface area (Å²) in [5.41, 5.74) is 1.10. The molecule has 0 saturated carbocycles. The van der Waals surface area contributed by atoms with Crippen molar-refractivity contribution in [2.45, 2.75) is 32.6 Å². The summed E-state index contributed by atoms with van der Waals surface area (Å²) in [6, 6.07) is 9.92. The molecule has 0 bridgehead atoms. The lowest BCUT2D eigenvalue weighted by molar-refractivity contribution is -0.154. The smallest absolute Gasteiger partial charge is 0.288 e. The standard InChI is InChI=1S/C23H30N4O6/c1-3-4-5-7-18(13-27(32)15-28)22(30)25-14-26-23(31)20-11-10-19(33-20)16-8-6-9-17(12-16)21(29)24-2/h6,8-12,15,18,32H,3-5,7,13-14H2,1-2H3,(H,24,29)(H,25,30)(H,26,31)/t18-/m1/s1. The summed E-state index contributed by atoms with van der Waals surface area (Å²) in [6.07, 6.45) is 3.45. The number of benzene rings is 1. The molecular formula is C23H30N4O6. The van der Waals surface area contributed by atoms with Crippen LogP contribution in [0.15, 0.2) is 40.8 Å². The third kappa shape index (κ3) is 7.76. The van der Waals surface area contributed by atoms with Crippen molar-refractivity contribution in [3.05, 3.63) is 47.7 Å². The summed E-state index contributed by atoms with van der Waals surface area (Å²) >= 11 is 0. The van der Waals surface area contributed by atoms with Crippen LogP contribution in [0.3, 0.4) is 0 Å². The zero-order valence-corrected chi connectivity index (χ0v) is 18.8. The molecule has 1 atom stereocenters. The van der Waals surface area contributed by atoms with Crippen molar-refractivity contribution in [2.75, 3.05) is 20.3 Å². The van der Waals surface area contributed by atoms with Gasteiger partial charge in [-0.25, -0.2) is 5.06 Å². The van der Waals surface area contributed by atoms with Gasteiger partial charge in [-0.05, 0) is 30.7 Å². The maximum absolute atomic E-state index is 12.4. The maximum atomic E-state index is 12.4. The molecule has 1 heterocycles. The van der Waals surface area contributed by atoms with Crippen LogP contribution >= 0.6 is 0 Å². The number of hydrogen-bond donors (Lipinski definition) is 4. The number of unbranched alkanes of at least 4 members (excludes halogenated alkanes) is 2. The molecule has 0 saturated heterocycles. The van der Waals surface area contributed by atoms with E-state index < -0.39 is 11.8 Å². The van der Waals surface area contributed by atoms with E-state index in [1.165, 1.54) is 6.07 Å². The molecule has 0 aliphatic rings. The molecule has 1 aromatic carbocycles. The predicted octanol–water partition coefficient (Wildman–Crippen LogP) is 2.15. The first kappa shape index (κ1) is 25.6. The Hall–Kier alpha value is -3.66. The van der Waals surface area contributed by atoms with Gasteiger partial charge in [0.2, 0.25) is 12.3 Å². The van der Waals surface area contributed by atoms with Crippen molar-refractivity contribution in [1.29, 1.82) is 0 Å². The molecule has 0 spiro atoms. The van der Waals surface area contributed by atoms with Gasteiger partial charge in [-0.2, -0.15) is 0 Å². The third-order valence-corrected chi connectivity index (χ3v) is 5.03. The Morgan fingerprint density at radius 1 is 1.12 bits per heavy atom. The average Bonchev–Trinajstić information content (AvgIpc) is 3.33. The summed E-state index contributed by atoms with van der Waals surface area (Å²) in [6.45, 7) is 1.77. The van der Waals surface area contributed by atoms with Gasteiger partial charge >= 0.3 is 0 Å². The van der Waals surface area contributed by atoms with Gasteiger partial charge in [0.1, 0.15) is 5.76 Å². The summed E-state index contributed by atoms with van der Waals surface area (Å²) in [5, 5.41) is 17.6. The molecule has 2 aromatic rings. The van der Waals surface area contributed by atoms with E-state index in [0.717, 1.165) is 19.3 Å². The minimum absolute atomic E-state index is 0.0478. The monoisotopic (exact) mass is 458 g/mol. The Balaban J connectivity index is 1.92. The molecule has 0 aliphatic heterocycles. The number of carbonyl (C=O) groups is 4. The lowest BCUT2D eigenvalue weighted by atomic mass is 10.0. The molecule has 0 fully saturated rings. The molecule has 1 aromatic heterocycles. The fourth-order valence-electron chi connectivity index (χ4n) is 3.23. The number of carbonyl (C=O) groups excluding carboxylic acids is 4. The number of hydroxylamine groups is 2. The Morgan fingerprint density at radius 3 is 2.61 bits per heavy atom. The molecule has 4 amide bonds. The van der Waals surface area contributed by atoms with Crippen molar-refractivity contribution < 1.29 is 28.8 Å². The normalized spacial score (nSPS) is 11.4. The molecule has 10 nitrogen and oxygen atoms in total. The average molecular weight is 459 g/mol. The first-order valence-electron chi connectivity index (χ1n) is 10.8. The van der Waals surface area contributed by atoms with Crippen LogP contribution < -0.4 is 16.0 Å². The molecule has 10 heteroatoms. The zero-order chi connectivity index (χ0) is 24.2. The van der Waals surface area contributed by atoms with Gasteiger partial charge in [-0.15, -0.1) is 0 Å². The number of nitrogens with one attached hydrogen (secondary N) is 3. The Labute approximate surface area is 192 Å². The molecule has 2 rings (SSSR count). The van der Waals surface area contributed by atoms with Crippen LogP contribution in [0.5, 0.6) is 0 Å². The van der Waals surface area contributed by atoms with Gasteiger partial charge in [-0.1, -0.05) is 38.3 Å². The first-order chi connectivity index (χ1) is 15.9. The van der Waals surface area contributed by atoms with Gasteiger partial charge in [0.15, 0.2) is 5.76 Å². The van der Waals surface area contributed by atoms with Gasteiger partial charge < -0.3 is 20.4 Å². The van der Waals surface area contributed by atoms with E-state index in [1.807, 2.05) is 6.92 Å². The topological polar surface area (TPSA) is 141 Å². The van der Waals surface area contributed by atoms with E-state index in [4.69, 9.17) is 4.42 Å². The summed E-state index contributed by atoms with van der Waals surface area (Å²) in [5.74, 6) is -1.26. The van der Waals surface area contributed by atoms with Crippen LogP contribution in [0.1, 0.15) is 53.5 Å². The van der Waals surface area contributed by atoms with E-state index >= 15 is 0 Å². The largest absolute Gasteiger partial charge is 0.451 e. The number of rotatable bonds is 13. The Kier molecular flexibility index (Phi) is 10.1. The fraction of sp³-hybridized carbons (Fsp3) is 0.391. The van der Waals surface area contributed by atoms with Gasteiger partial charge in [0.25, 0.3) is 11.8 Å². The van der Waals surface area contributed by atoms with Crippen LogP contribution in [-0.4, -0.2) is 54.7 Å². The second-order valence-electron chi connectivity index (χ2n) is 7.47. The van der Waals surface area contributed by atoms with Gasteiger partial charge in [0, 0.05) is 18.2 Å². The second kappa shape index (κ2) is 13.0. The number of furan rings is 1. The maximum Gasteiger partial charge on any atom is 0.288 e. The summed E-state index contributed by atoms with van der Waals surface area (Å²) < 4.78 is 5.60. The highest BCUT2D eigenvalue weighted by Gasteiger charge is 2.21. The van der Waals surface area contributed by atoms with Crippen molar-refractivity contribution in [3.8, 4) is 11.3 Å². The lowest BCUT2D eigenvalue weighted by Crippen LogP contribution is -2.42. The predicted molar refractivity (Wildman–Crippen MR) is 120 cm³/mol. The van der Waals surface area contributed by atoms with E-state index in [2.05, 4.69) is 16.0 Å². The number of amides is 4. The van der Waals surface area contributed by atoms with E-state index in [9.17, 15) is 24.4 Å². The molecule has 33 heavy (non-hydrogen) atoms. The van der Waals surface area contributed by atoms with Crippen LogP contribution in [0.4, 0.5) is 0 Å².